The van der Waals surface area contributed by atoms with Crippen LogP contribution in [0.3, 0.4) is 0 Å². The topological polar surface area (TPSA) is 32.8 Å². The smallest absolute Gasteiger partial charge is 0.171 e. The molecule has 2 heteroatoms. The van der Waals surface area contributed by atoms with E-state index in [1.54, 1.807) is 0 Å². The monoisotopic (exact) mass is 140 g/mol. The molecule has 0 aromatic heterocycles. The Morgan fingerprint density at radius 2 is 2.30 bits per heavy atom. The van der Waals surface area contributed by atoms with Gasteiger partial charge in [0.25, 0.3) is 0 Å². The highest BCUT2D eigenvalue weighted by Gasteiger charge is 2.46. The van der Waals surface area contributed by atoms with Crippen molar-refractivity contribution >= 4 is 0 Å². The van der Waals surface area contributed by atoms with Crippen LogP contribution in [-0.2, 0) is 4.74 Å². The Hall–Kier alpha value is -0.500. The Kier molecular flexibility index (Phi) is 0.972. The summed E-state index contributed by atoms with van der Waals surface area (Å²) in [5, 5.41) is 9.27. The molecular weight excluding hydrogens is 128 g/mol. The van der Waals surface area contributed by atoms with Crippen LogP contribution in [0.15, 0.2) is 11.5 Å². The van der Waals surface area contributed by atoms with Crippen LogP contribution < -0.4 is 0 Å². The van der Waals surface area contributed by atoms with Crippen LogP contribution in [0.1, 0.15) is 26.7 Å². The summed E-state index contributed by atoms with van der Waals surface area (Å²) in [7, 11) is 0. The fourth-order valence-corrected chi connectivity index (χ4v) is 1.52. The molecule has 0 radical (unpaired) electrons. The third-order valence-electron chi connectivity index (χ3n) is 2.35. The number of hydrogen-bond donors (Lipinski definition) is 1. The lowest BCUT2D eigenvalue weighted by molar-refractivity contribution is 0.170. The highest BCUT2D eigenvalue weighted by atomic mass is 16.6. The van der Waals surface area contributed by atoms with Gasteiger partial charge in [-0.25, -0.2) is 0 Å². The zero-order valence-corrected chi connectivity index (χ0v) is 6.35. The maximum absolute atomic E-state index is 9.27. The van der Waals surface area contributed by atoms with E-state index in [0.717, 1.165) is 24.4 Å². The van der Waals surface area contributed by atoms with Crippen molar-refractivity contribution < 1.29 is 9.84 Å². The summed E-state index contributed by atoms with van der Waals surface area (Å²) in [6.07, 6.45) is 1.58. The summed E-state index contributed by atoms with van der Waals surface area (Å²) in [5.41, 5.74) is 0.189. The molecule has 1 aliphatic carbocycles. The molecule has 0 saturated carbocycles. The first-order chi connectivity index (χ1) is 4.61. The summed E-state index contributed by atoms with van der Waals surface area (Å²) in [4.78, 5) is 0. The third-order valence-corrected chi connectivity index (χ3v) is 2.35. The molecular formula is C8H12O2. The van der Waals surface area contributed by atoms with Crippen molar-refractivity contribution in [1.29, 1.82) is 0 Å². The van der Waals surface area contributed by atoms with E-state index in [1.807, 2.05) is 0 Å². The molecule has 56 valence electrons. The molecule has 0 aromatic rings. The molecule has 0 spiro atoms. The summed E-state index contributed by atoms with van der Waals surface area (Å²) in [6.45, 7) is 4.31. The van der Waals surface area contributed by atoms with Crippen LogP contribution in [0, 0.1) is 5.41 Å². The lowest BCUT2D eigenvalue weighted by atomic mass is 9.82. The molecule has 2 rings (SSSR count). The highest BCUT2D eigenvalue weighted by Crippen LogP contribution is 2.50. The summed E-state index contributed by atoms with van der Waals surface area (Å²) >= 11 is 0. The first-order valence-electron chi connectivity index (χ1n) is 3.72. The van der Waals surface area contributed by atoms with Crippen LogP contribution in [0.4, 0.5) is 0 Å². The number of aliphatic hydroxyl groups excluding tert-OH is 1. The predicted molar refractivity (Wildman–Crippen MR) is 37.1 cm³/mol. The summed E-state index contributed by atoms with van der Waals surface area (Å²) in [5.74, 6) is 1.88. The largest absolute Gasteiger partial charge is 0.456 e. The quantitative estimate of drug-likeness (QED) is 0.551. The number of hydrogen-bond acceptors (Lipinski definition) is 2. The first-order valence-corrected chi connectivity index (χ1v) is 3.72. The second kappa shape index (κ2) is 1.56. The van der Waals surface area contributed by atoms with Gasteiger partial charge in [0.1, 0.15) is 6.10 Å². The maximum Gasteiger partial charge on any atom is 0.171 e. The van der Waals surface area contributed by atoms with Crippen molar-refractivity contribution in [2.45, 2.75) is 32.8 Å². The Morgan fingerprint density at radius 1 is 1.60 bits per heavy atom. The van der Waals surface area contributed by atoms with Gasteiger partial charge in [0.05, 0.1) is 0 Å². The lowest BCUT2D eigenvalue weighted by Gasteiger charge is -2.20. The van der Waals surface area contributed by atoms with Gasteiger partial charge in [0.15, 0.2) is 11.5 Å². The Morgan fingerprint density at radius 3 is 2.90 bits per heavy atom. The molecule has 0 bridgehead atoms. The molecule has 0 amide bonds. The number of aliphatic hydroxyl groups is 1. The van der Waals surface area contributed by atoms with Gasteiger partial charge in [0.2, 0.25) is 0 Å². The second-order valence-electron chi connectivity index (χ2n) is 3.73. The molecule has 2 nitrogen and oxygen atoms in total. The third kappa shape index (κ3) is 0.686. The van der Waals surface area contributed by atoms with Crippen LogP contribution in [-0.4, -0.2) is 11.2 Å². The number of rotatable bonds is 0. The van der Waals surface area contributed by atoms with Crippen molar-refractivity contribution in [1.82, 2.24) is 0 Å². The van der Waals surface area contributed by atoms with Gasteiger partial charge in [-0.3, -0.25) is 0 Å². The van der Waals surface area contributed by atoms with E-state index in [1.165, 1.54) is 0 Å². The molecule has 1 heterocycles. The molecule has 1 atom stereocenters. The minimum absolute atomic E-state index is 0.189. The second-order valence-corrected chi connectivity index (χ2v) is 3.73. The minimum atomic E-state index is -0.303. The van der Waals surface area contributed by atoms with E-state index in [4.69, 9.17) is 4.74 Å². The van der Waals surface area contributed by atoms with Gasteiger partial charge in [-0.05, 0) is 12.8 Å². The molecule has 1 N–H and O–H groups in total. The standard InChI is InChI=1S/C8H12O2/c1-8(2)4-3-5(9)6-7(8)10-6/h5,9H,3-4H2,1-2H3. The first kappa shape index (κ1) is 6.23. The average molecular weight is 140 g/mol. The van der Waals surface area contributed by atoms with Gasteiger partial charge in [0, 0.05) is 5.41 Å². The average Bonchev–Trinajstić information content (AvgIpc) is 2.58. The van der Waals surface area contributed by atoms with Crippen LogP contribution in [0.25, 0.3) is 0 Å². The van der Waals surface area contributed by atoms with Gasteiger partial charge in [-0.15, -0.1) is 0 Å². The summed E-state index contributed by atoms with van der Waals surface area (Å²) in [6, 6.07) is 0. The molecule has 1 aliphatic heterocycles. The Balaban J connectivity index is 2.27. The van der Waals surface area contributed by atoms with Gasteiger partial charge >= 0.3 is 0 Å². The van der Waals surface area contributed by atoms with E-state index in [0.29, 0.717) is 0 Å². The number of ether oxygens (including phenoxy) is 1. The highest BCUT2D eigenvalue weighted by molar-refractivity contribution is 5.30. The van der Waals surface area contributed by atoms with E-state index in [2.05, 4.69) is 13.8 Å². The van der Waals surface area contributed by atoms with E-state index in [-0.39, 0.29) is 11.5 Å². The fourth-order valence-electron chi connectivity index (χ4n) is 1.52. The van der Waals surface area contributed by atoms with Gasteiger partial charge in [-0.2, -0.15) is 0 Å². The van der Waals surface area contributed by atoms with Crippen LogP contribution in [0.2, 0.25) is 0 Å². The van der Waals surface area contributed by atoms with E-state index in [9.17, 15) is 5.11 Å². The lowest BCUT2D eigenvalue weighted by Crippen LogP contribution is -2.18. The zero-order valence-electron chi connectivity index (χ0n) is 6.35. The van der Waals surface area contributed by atoms with Crippen molar-refractivity contribution in [3.8, 4) is 0 Å². The Bertz CT molecular complexity index is 203. The van der Waals surface area contributed by atoms with Gasteiger partial charge in [-0.1, -0.05) is 13.8 Å². The van der Waals surface area contributed by atoms with Crippen molar-refractivity contribution in [2.24, 2.45) is 5.41 Å². The van der Waals surface area contributed by atoms with Gasteiger partial charge < -0.3 is 9.84 Å². The maximum atomic E-state index is 9.27. The van der Waals surface area contributed by atoms with Crippen LogP contribution in [0.5, 0.6) is 0 Å². The SMILES string of the molecule is CC1(C)CCC(O)C2=C1O2. The van der Waals surface area contributed by atoms with E-state index >= 15 is 0 Å². The van der Waals surface area contributed by atoms with E-state index < -0.39 is 0 Å². The molecule has 10 heavy (non-hydrogen) atoms. The van der Waals surface area contributed by atoms with Crippen molar-refractivity contribution in [3.05, 3.63) is 11.5 Å². The molecule has 1 unspecified atom stereocenters. The Labute approximate surface area is 60.5 Å². The van der Waals surface area contributed by atoms with Crippen molar-refractivity contribution in [3.63, 3.8) is 0 Å². The zero-order chi connectivity index (χ0) is 7.35. The molecule has 0 aromatic carbocycles. The molecule has 0 fully saturated rings. The number of allylic oxidation sites excluding steroid dienone is 1. The molecule has 0 saturated heterocycles. The normalized spacial score (nSPS) is 34.9. The predicted octanol–water partition coefficient (Wildman–Crippen LogP) is 1.41. The fraction of sp³-hybridized carbons (Fsp3) is 0.750. The minimum Gasteiger partial charge on any atom is -0.456 e. The van der Waals surface area contributed by atoms with Crippen molar-refractivity contribution in [2.75, 3.05) is 0 Å². The summed E-state index contributed by atoms with van der Waals surface area (Å²) < 4.78 is 5.19. The van der Waals surface area contributed by atoms with Crippen LogP contribution >= 0.6 is 0 Å². The molecule has 2 aliphatic rings.